The number of imide groups is 1. The molecule has 2 N–H and O–H groups in total. The highest BCUT2D eigenvalue weighted by Crippen LogP contribution is 2.03. The van der Waals surface area contributed by atoms with Crippen LogP contribution in [0.2, 0.25) is 0 Å². The standard InChI is InChI=1S/C7H12N2O2/c1-2-8-5-3-4-6(10)9-7(5)11/h5,8H,2-4H2,1H3,(H,9,10,11)/t5-/m0/s1. The molecule has 0 unspecified atom stereocenters. The first-order valence-corrected chi connectivity index (χ1v) is 3.81. The van der Waals surface area contributed by atoms with Crippen molar-refractivity contribution in [1.82, 2.24) is 10.6 Å². The van der Waals surface area contributed by atoms with Crippen molar-refractivity contribution >= 4 is 11.8 Å². The molecule has 1 fully saturated rings. The summed E-state index contributed by atoms with van der Waals surface area (Å²) in [6, 6.07) is -0.169. The Kier molecular flexibility index (Phi) is 2.59. The Labute approximate surface area is 65.3 Å². The van der Waals surface area contributed by atoms with Crippen molar-refractivity contribution in [2.45, 2.75) is 25.8 Å². The normalized spacial score (nSPS) is 25.0. The number of nitrogens with one attached hydrogen (secondary N) is 2. The third-order valence-corrected chi connectivity index (χ3v) is 1.69. The largest absolute Gasteiger partial charge is 0.306 e. The van der Waals surface area contributed by atoms with E-state index in [4.69, 9.17) is 0 Å². The van der Waals surface area contributed by atoms with Gasteiger partial charge in [0, 0.05) is 6.42 Å². The Morgan fingerprint density at radius 2 is 2.36 bits per heavy atom. The van der Waals surface area contributed by atoms with Crippen LogP contribution in [-0.2, 0) is 9.59 Å². The molecule has 0 spiro atoms. The number of carbonyl (C=O) groups excluding carboxylic acids is 2. The zero-order valence-electron chi connectivity index (χ0n) is 6.52. The van der Waals surface area contributed by atoms with Crippen LogP contribution in [0.1, 0.15) is 19.8 Å². The summed E-state index contributed by atoms with van der Waals surface area (Å²) >= 11 is 0. The van der Waals surface area contributed by atoms with E-state index >= 15 is 0 Å². The van der Waals surface area contributed by atoms with Crippen LogP contribution in [0.15, 0.2) is 0 Å². The quantitative estimate of drug-likeness (QED) is 0.525. The Morgan fingerprint density at radius 1 is 1.64 bits per heavy atom. The van der Waals surface area contributed by atoms with Gasteiger partial charge in [-0.25, -0.2) is 0 Å². The molecule has 0 aromatic carbocycles. The van der Waals surface area contributed by atoms with Crippen molar-refractivity contribution in [1.29, 1.82) is 0 Å². The predicted molar refractivity (Wildman–Crippen MR) is 39.8 cm³/mol. The maximum absolute atomic E-state index is 11.0. The molecular formula is C7H12N2O2. The van der Waals surface area contributed by atoms with Crippen LogP contribution in [0.4, 0.5) is 0 Å². The van der Waals surface area contributed by atoms with Crippen molar-refractivity contribution in [3.05, 3.63) is 0 Å². The number of likely N-dealkylation sites (N-methyl/N-ethyl adjacent to an activating group) is 1. The lowest BCUT2D eigenvalue weighted by molar-refractivity contribution is -0.134. The molecule has 2 amide bonds. The first-order chi connectivity index (χ1) is 5.24. The maximum atomic E-state index is 11.0. The van der Waals surface area contributed by atoms with E-state index in [1.54, 1.807) is 0 Å². The minimum atomic E-state index is -0.192. The molecule has 1 saturated heterocycles. The molecule has 1 aliphatic rings. The summed E-state index contributed by atoms with van der Waals surface area (Å²) in [5.41, 5.74) is 0. The van der Waals surface area contributed by atoms with Gasteiger partial charge in [-0.2, -0.15) is 0 Å². The van der Waals surface area contributed by atoms with Crippen LogP contribution < -0.4 is 10.6 Å². The molecule has 0 radical (unpaired) electrons. The second-order valence-corrected chi connectivity index (χ2v) is 2.56. The smallest absolute Gasteiger partial charge is 0.243 e. The van der Waals surface area contributed by atoms with Gasteiger partial charge in [-0.1, -0.05) is 6.92 Å². The van der Waals surface area contributed by atoms with Gasteiger partial charge in [0.2, 0.25) is 11.8 Å². The van der Waals surface area contributed by atoms with E-state index in [-0.39, 0.29) is 17.9 Å². The summed E-state index contributed by atoms with van der Waals surface area (Å²) in [5, 5.41) is 5.26. The van der Waals surface area contributed by atoms with Crippen molar-refractivity contribution in [2.75, 3.05) is 6.54 Å². The highest BCUT2D eigenvalue weighted by Gasteiger charge is 2.24. The average Bonchev–Trinajstić information content (AvgIpc) is 1.95. The van der Waals surface area contributed by atoms with Gasteiger partial charge >= 0.3 is 0 Å². The van der Waals surface area contributed by atoms with Crippen LogP contribution in [0.5, 0.6) is 0 Å². The van der Waals surface area contributed by atoms with E-state index in [0.717, 1.165) is 6.54 Å². The minimum absolute atomic E-state index is 0.163. The number of piperidine rings is 1. The monoisotopic (exact) mass is 156 g/mol. The highest BCUT2D eigenvalue weighted by atomic mass is 16.2. The van der Waals surface area contributed by atoms with Gasteiger partial charge in [0.15, 0.2) is 0 Å². The predicted octanol–water partition coefficient (Wildman–Crippen LogP) is -0.599. The van der Waals surface area contributed by atoms with E-state index in [1.165, 1.54) is 0 Å². The fourth-order valence-electron chi connectivity index (χ4n) is 1.13. The summed E-state index contributed by atoms with van der Waals surface area (Å²) in [6.07, 6.45) is 1.07. The number of hydrogen-bond acceptors (Lipinski definition) is 3. The number of amides is 2. The first kappa shape index (κ1) is 8.20. The minimum Gasteiger partial charge on any atom is -0.306 e. The summed E-state index contributed by atoms with van der Waals surface area (Å²) in [5.74, 6) is -0.354. The number of carbonyl (C=O) groups is 2. The van der Waals surface area contributed by atoms with Gasteiger partial charge in [-0.05, 0) is 13.0 Å². The molecule has 0 aliphatic carbocycles. The lowest BCUT2D eigenvalue weighted by Gasteiger charge is -2.20. The topological polar surface area (TPSA) is 58.2 Å². The lowest BCUT2D eigenvalue weighted by atomic mass is 10.1. The van der Waals surface area contributed by atoms with Gasteiger partial charge in [-0.3, -0.25) is 14.9 Å². The molecule has 0 aromatic heterocycles. The molecule has 0 aromatic rings. The molecule has 1 heterocycles. The summed E-state index contributed by atoms with van der Waals surface area (Å²) in [4.78, 5) is 21.7. The molecule has 1 aliphatic heterocycles. The van der Waals surface area contributed by atoms with Crippen molar-refractivity contribution < 1.29 is 9.59 Å². The molecular weight excluding hydrogens is 144 g/mol. The molecule has 4 nitrogen and oxygen atoms in total. The van der Waals surface area contributed by atoms with Crippen LogP contribution in [0.3, 0.4) is 0 Å². The highest BCUT2D eigenvalue weighted by molar-refractivity contribution is 6.00. The van der Waals surface area contributed by atoms with E-state index in [9.17, 15) is 9.59 Å². The van der Waals surface area contributed by atoms with Crippen LogP contribution in [0, 0.1) is 0 Å². The summed E-state index contributed by atoms with van der Waals surface area (Å²) < 4.78 is 0. The van der Waals surface area contributed by atoms with E-state index in [0.29, 0.717) is 12.8 Å². The lowest BCUT2D eigenvalue weighted by Crippen LogP contribution is -2.50. The third kappa shape index (κ3) is 2.01. The third-order valence-electron chi connectivity index (χ3n) is 1.69. The molecule has 0 bridgehead atoms. The van der Waals surface area contributed by atoms with Gasteiger partial charge in [0.1, 0.15) is 0 Å². The van der Waals surface area contributed by atoms with Gasteiger partial charge in [0.05, 0.1) is 6.04 Å². The SMILES string of the molecule is CCN[C@H]1CCC(=O)NC1=O. The van der Waals surface area contributed by atoms with Crippen molar-refractivity contribution in [3.63, 3.8) is 0 Å². The number of rotatable bonds is 2. The van der Waals surface area contributed by atoms with Gasteiger partial charge in [0.25, 0.3) is 0 Å². The van der Waals surface area contributed by atoms with Gasteiger partial charge in [-0.15, -0.1) is 0 Å². The van der Waals surface area contributed by atoms with Crippen molar-refractivity contribution in [3.8, 4) is 0 Å². The molecule has 4 heteroatoms. The zero-order chi connectivity index (χ0) is 8.27. The average molecular weight is 156 g/mol. The van der Waals surface area contributed by atoms with E-state index in [1.807, 2.05) is 6.92 Å². The van der Waals surface area contributed by atoms with E-state index in [2.05, 4.69) is 10.6 Å². The molecule has 0 saturated carbocycles. The zero-order valence-corrected chi connectivity index (χ0v) is 6.52. The molecule has 62 valence electrons. The Balaban J connectivity index is 2.44. The second kappa shape index (κ2) is 3.48. The van der Waals surface area contributed by atoms with Gasteiger partial charge < -0.3 is 5.32 Å². The summed E-state index contributed by atoms with van der Waals surface area (Å²) in [6.45, 7) is 2.69. The molecule has 1 rings (SSSR count). The Morgan fingerprint density at radius 3 is 2.91 bits per heavy atom. The maximum Gasteiger partial charge on any atom is 0.243 e. The van der Waals surface area contributed by atoms with Crippen LogP contribution in [0.25, 0.3) is 0 Å². The molecule has 1 atom stereocenters. The van der Waals surface area contributed by atoms with Crippen LogP contribution in [-0.4, -0.2) is 24.4 Å². The first-order valence-electron chi connectivity index (χ1n) is 3.81. The Hall–Kier alpha value is -0.900. The van der Waals surface area contributed by atoms with E-state index < -0.39 is 0 Å². The summed E-state index contributed by atoms with van der Waals surface area (Å²) in [7, 11) is 0. The Bertz CT molecular complexity index is 179. The molecule has 11 heavy (non-hydrogen) atoms. The van der Waals surface area contributed by atoms with Crippen molar-refractivity contribution in [2.24, 2.45) is 0 Å². The van der Waals surface area contributed by atoms with Crippen LogP contribution >= 0.6 is 0 Å². The fourth-order valence-corrected chi connectivity index (χ4v) is 1.13. The number of hydrogen-bond donors (Lipinski definition) is 2. The second-order valence-electron chi connectivity index (χ2n) is 2.56. The fraction of sp³-hybridized carbons (Fsp3) is 0.714.